The van der Waals surface area contributed by atoms with Gasteiger partial charge in [0.05, 0.1) is 6.61 Å². The summed E-state index contributed by atoms with van der Waals surface area (Å²) in [7, 11) is 0. The standard InChI is InChI=1S/C23H32O/c1-8-24-20-15-11-18(12-16-20)21(23(5,6)7)17-9-13-19(14-10-17)22(2,3)4/h9-16,21H,8H2,1-7H3. The Labute approximate surface area is 148 Å². The zero-order valence-corrected chi connectivity index (χ0v) is 16.3. The van der Waals surface area contributed by atoms with E-state index < -0.39 is 0 Å². The Bertz CT molecular complexity index is 636. The number of hydrogen-bond acceptors (Lipinski definition) is 1. The summed E-state index contributed by atoms with van der Waals surface area (Å²) in [5.74, 6) is 1.30. The van der Waals surface area contributed by atoms with Crippen LogP contribution in [0.1, 0.15) is 71.1 Å². The minimum atomic E-state index is 0.149. The molecule has 2 rings (SSSR count). The minimum absolute atomic E-state index is 0.149. The van der Waals surface area contributed by atoms with Crippen LogP contribution in [-0.4, -0.2) is 6.61 Å². The lowest BCUT2D eigenvalue weighted by atomic mass is 9.72. The highest BCUT2D eigenvalue weighted by Crippen LogP contribution is 2.41. The zero-order chi connectivity index (χ0) is 18.0. The van der Waals surface area contributed by atoms with E-state index in [0.29, 0.717) is 12.5 Å². The average molecular weight is 325 g/mol. The fourth-order valence-electron chi connectivity index (χ4n) is 3.29. The molecule has 0 radical (unpaired) electrons. The van der Waals surface area contributed by atoms with Gasteiger partial charge in [0.1, 0.15) is 5.75 Å². The Hall–Kier alpha value is -1.76. The van der Waals surface area contributed by atoms with Crippen molar-refractivity contribution in [1.82, 2.24) is 0 Å². The predicted molar refractivity (Wildman–Crippen MR) is 104 cm³/mol. The molecule has 0 saturated carbocycles. The second-order valence-electron chi connectivity index (χ2n) is 8.67. The van der Waals surface area contributed by atoms with E-state index in [-0.39, 0.29) is 10.8 Å². The lowest BCUT2D eigenvalue weighted by Crippen LogP contribution is -2.20. The molecule has 0 amide bonds. The Morgan fingerprint density at radius 3 is 1.58 bits per heavy atom. The lowest BCUT2D eigenvalue weighted by molar-refractivity contribution is 0.338. The van der Waals surface area contributed by atoms with Crippen molar-refractivity contribution in [3.05, 3.63) is 65.2 Å². The van der Waals surface area contributed by atoms with Gasteiger partial charge in [0.25, 0.3) is 0 Å². The highest BCUT2D eigenvalue weighted by Gasteiger charge is 2.28. The molecule has 2 aromatic rings. The molecule has 130 valence electrons. The normalized spacial score (nSPS) is 13.6. The first kappa shape index (κ1) is 18.6. The zero-order valence-electron chi connectivity index (χ0n) is 16.3. The third kappa shape index (κ3) is 4.41. The molecule has 0 bridgehead atoms. The van der Waals surface area contributed by atoms with Crippen molar-refractivity contribution in [2.75, 3.05) is 6.61 Å². The first-order valence-electron chi connectivity index (χ1n) is 8.96. The maximum atomic E-state index is 5.59. The SMILES string of the molecule is CCOc1ccc(C(c2ccc(C(C)(C)C)cc2)C(C)(C)C)cc1. The Morgan fingerprint density at radius 1 is 0.750 bits per heavy atom. The van der Waals surface area contributed by atoms with Crippen molar-refractivity contribution in [2.24, 2.45) is 5.41 Å². The van der Waals surface area contributed by atoms with Gasteiger partial charge < -0.3 is 4.74 Å². The third-order valence-electron chi connectivity index (χ3n) is 4.50. The summed E-state index contributed by atoms with van der Waals surface area (Å²) in [5, 5.41) is 0. The molecule has 0 aromatic heterocycles. The van der Waals surface area contributed by atoms with Crippen molar-refractivity contribution < 1.29 is 4.74 Å². The van der Waals surface area contributed by atoms with Gasteiger partial charge in [-0.1, -0.05) is 77.9 Å². The van der Waals surface area contributed by atoms with Crippen molar-refractivity contribution in [3.63, 3.8) is 0 Å². The fraction of sp³-hybridized carbons (Fsp3) is 0.478. The first-order valence-corrected chi connectivity index (χ1v) is 8.96. The van der Waals surface area contributed by atoms with Crippen LogP contribution >= 0.6 is 0 Å². The maximum Gasteiger partial charge on any atom is 0.119 e. The molecule has 0 fully saturated rings. The van der Waals surface area contributed by atoms with Crippen LogP contribution in [0.5, 0.6) is 5.75 Å². The summed E-state index contributed by atoms with van der Waals surface area (Å²) >= 11 is 0. The van der Waals surface area contributed by atoms with Gasteiger partial charge in [0.15, 0.2) is 0 Å². The van der Waals surface area contributed by atoms with Crippen molar-refractivity contribution in [3.8, 4) is 5.75 Å². The highest BCUT2D eigenvalue weighted by molar-refractivity contribution is 5.39. The second kappa shape index (κ2) is 7.01. The van der Waals surface area contributed by atoms with Crippen LogP contribution in [0.2, 0.25) is 0 Å². The summed E-state index contributed by atoms with van der Waals surface area (Å²) in [6.45, 7) is 16.4. The van der Waals surface area contributed by atoms with E-state index >= 15 is 0 Å². The van der Waals surface area contributed by atoms with Gasteiger partial charge in [-0.3, -0.25) is 0 Å². The monoisotopic (exact) mass is 324 g/mol. The average Bonchev–Trinajstić information content (AvgIpc) is 2.48. The third-order valence-corrected chi connectivity index (χ3v) is 4.50. The Morgan fingerprint density at radius 2 is 1.21 bits per heavy atom. The van der Waals surface area contributed by atoms with Gasteiger partial charge in [-0.15, -0.1) is 0 Å². The molecule has 1 atom stereocenters. The van der Waals surface area contributed by atoms with E-state index in [2.05, 4.69) is 90.1 Å². The lowest BCUT2D eigenvalue weighted by Gasteiger charge is -2.32. The van der Waals surface area contributed by atoms with Gasteiger partial charge in [-0.2, -0.15) is 0 Å². The number of rotatable bonds is 4. The molecule has 2 aromatic carbocycles. The predicted octanol–water partition coefficient (Wildman–Crippen LogP) is 6.56. The van der Waals surface area contributed by atoms with E-state index in [1.165, 1.54) is 16.7 Å². The van der Waals surface area contributed by atoms with E-state index in [1.807, 2.05) is 6.92 Å². The molecule has 0 aliphatic carbocycles. The van der Waals surface area contributed by atoms with E-state index in [9.17, 15) is 0 Å². The molecule has 0 aliphatic rings. The summed E-state index contributed by atoms with van der Waals surface area (Å²) in [6.07, 6.45) is 0. The van der Waals surface area contributed by atoms with Crippen LogP contribution in [-0.2, 0) is 5.41 Å². The quantitative estimate of drug-likeness (QED) is 0.618. The number of hydrogen-bond donors (Lipinski definition) is 0. The number of benzene rings is 2. The Balaban J connectivity index is 2.39. The topological polar surface area (TPSA) is 9.23 Å². The molecule has 24 heavy (non-hydrogen) atoms. The van der Waals surface area contributed by atoms with Crippen molar-refractivity contribution >= 4 is 0 Å². The molecular weight excluding hydrogens is 292 g/mol. The minimum Gasteiger partial charge on any atom is -0.494 e. The van der Waals surface area contributed by atoms with Crippen molar-refractivity contribution in [2.45, 2.75) is 59.8 Å². The van der Waals surface area contributed by atoms with Crippen molar-refractivity contribution in [1.29, 1.82) is 0 Å². The molecule has 1 heteroatoms. The molecule has 0 heterocycles. The van der Waals surface area contributed by atoms with Gasteiger partial charge in [0.2, 0.25) is 0 Å². The molecule has 0 aliphatic heterocycles. The van der Waals surface area contributed by atoms with Crippen LogP contribution < -0.4 is 4.74 Å². The van der Waals surface area contributed by atoms with Crippen LogP contribution in [0, 0.1) is 5.41 Å². The maximum absolute atomic E-state index is 5.59. The Kier molecular flexibility index (Phi) is 5.42. The van der Waals surface area contributed by atoms with E-state index in [1.54, 1.807) is 0 Å². The van der Waals surface area contributed by atoms with Crippen LogP contribution in [0.15, 0.2) is 48.5 Å². The first-order chi connectivity index (χ1) is 11.1. The fourth-order valence-corrected chi connectivity index (χ4v) is 3.29. The van der Waals surface area contributed by atoms with E-state index in [4.69, 9.17) is 4.74 Å². The second-order valence-corrected chi connectivity index (χ2v) is 8.67. The van der Waals surface area contributed by atoms with Gasteiger partial charge in [0, 0.05) is 5.92 Å². The molecule has 1 unspecified atom stereocenters. The van der Waals surface area contributed by atoms with Crippen LogP contribution in [0.4, 0.5) is 0 Å². The number of ether oxygens (including phenoxy) is 1. The van der Waals surface area contributed by atoms with Gasteiger partial charge >= 0.3 is 0 Å². The van der Waals surface area contributed by atoms with Crippen LogP contribution in [0.25, 0.3) is 0 Å². The summed E-state index contributed by atoms with van der Waals surface area (Å²) in [5.41, 5.74) is 4.44. The largest absolute Gasteiger partial charge is 0.494 e. The van der Waals surface area contributed by atoms with Gasteiger partial charge in [-0.05, 0) is 46.6 Å². The molecule has 0 spiro atoms. The smallest absolute Gasteiger partial charge is 0.119 e. The summed E-state index contributed by atoms with van der Waals surface area (Å²) < 4.78 is 5.59. The molecule has 1 nitrogen and oxygen atoms in total. The van der Waals surface area contributed by atoms with E-state index in [0.717, 1.165) is 5.75 Å². The highest BCUT2D eigenvalue weighted by atomic mass is 16.5. The van der Waals surface area contributed by atoms with Gasteiger partial charge in [-0.25, -0.2) is 0 Å². The molecule has 0 N–H and O–H groups in total. The molecule has 0 saturated heterocycles. The van der Waals surface area contributed by atoms with Crippen LogP contribution in [0.3, 0.4) is 0 Å². The summed E-state index contributed by atoms with van der Waals surface area (Å²) in [4.78, 5) is 0. The summed E-state index contributed by atoms with van der Waals surface area (Å²) in [6, 6.07) is 17.7. The molecular formula is C23H32O.